The van der Waals surface area contributed by atoms with Gasteiger partial charge < -0.3 is 20.1 Å². The zero-order valence-electron chi connectivity index (χ0n) is 19.4. The number of thiazole rings is 1. The van der Waals surface area contributed by atoms with Crippen molar-refractivity contribution >= 4 is 23.2 Å². The van der Waals surface area contributed by atoms with E-state index >= 15 is 0 Å². The molecule has 2 aromatic rings. The lowest BCUT2D eigenvalue weighted by Crippen LogP contribution is -2.52. The second-order valence-corrected chi connectivity index (χ2v) is 10.0. The summed E-state index contributed by atoms with van der Waals surface area (Å²) in [6.07, 6.45) is 1.49. The zero-order valence-corrected chi connectivity index (χ0v) is 20.2. The number of nitrogens with zero attached hydrogens (tertiary/aromatic N) is 3. The molecule has 0 aliphatic carbocycles. The molecule has 2 saturated heterocycles. The third-order valence-corrected chi connectivity index (χ3v) is 7.60. The summed E-state index contributed by atoms with van der Waals surface area (Å²) in [5.74, 6) is 0.735. The number of aromatic nitrogens is 1. The molecule has 33 heavy (non-hydrogen) atoms. The van der Waals surface area contributed by atoms with Crippen LogP contribution in [0.15, 0.2) is 24.3 Å². The van der Waals surface area contributed by atoms with Crippen LogP contribution in [0, 0.1) is 13.8 Å². The number of benzene rings is 1. The van der Waals surface area contributed by atoms with Gasteiger partial charge in [0.2, 0.25) is 5.91 Å². The summed E-state index contributed by atoms with van der Waals surface area (Å²) in [7, 11) is 1.62. The Balaban J connectivity index is 1.34. The molecule has 2 fully saturated rings. The molecule has 2 aliphatic rings. The summed E-state index contributed by atoms with van der Waals surface area (Å²) in [5, 5.41) is 14.2. The average Bonchev–Trinajstić information content (AvgIpc) is 3.38. The third-order valence-electron chi connectivity index (χ3n) is 6.54. The third kappa shape index (κ3) is 5.37. The van der Waals surface area contributed by atoms with E-state index in [0.717, 1.165) is 39.7 Å². The van der Waals surface area contributed by atoms with Gasteiger partial charge in [0.25, 0.3) is 5.91 Å². The van der Waals surface area contributed by atoms with Crippen molar-refractivity contribution in [2.45, 2.75) is 57.8 Å². The number of amides is 2. The fourth-order valence-electron chi connectivity index (χ4n) is 4.86. The number of nitrogens with one attached hydrogen (secondary N) is 1. The molecule has 0 saturated carbocycles. The highest BCUT2D eigenvalue weighted by Gasteiger charge is 2.41. The first kappa shape index (κ1) is 23.7. The van der Waals surface area contributed by atoms with Crippen LogP contribution in [0.2, 0.25) is 0 Å². The van der Waals surface area contributed by atoms with Gasteiger partial charge >= 0.3 is 0 Å². The number of aliphatic hydroxyl groups is 1. The standard InChI is InChI=1S/C24H32N4O4S/c1-15-22(33-16(2)26-15)24(31)27-9-7-18(8-10-27)28-14-19(29)12-21(28)23(30)25-13-17-5-4-6-20(11-17)32-3/h4-6,11,18-19,21,29H,7-10,12-14H2,1-3H3,(H,25,30)/t19-,21+/m1/s1. The second-order valence-electron chi connectivity index (χ2n) is 8.84. The van der Waals surface area contributed by atoms with Crippen LogP contribution >= 0.6 is 11.3 Å². The van der Waals surface area contributed by atoms with Crippen molar-refractivity contribution in [1.29, 1.82) is 0 Å². The number of piperidine rings is 1. The van der Waals surface area contributed by atoms with E-state index in [1.807, 2.05) is 43.0 Å². The van der Waals surface area contributed by atoms with Crippen molar-refractivity contribution in [3.05, 3.63) is 45.4 Å². The number of hydrogen-bond donors (Lipinski definition) is 2. The lowest BCUT2D eigenvalue weighted by Gasteiger charge is -2.38. The van der Waals surface area contributed by atoms with E-state index < -0.39 is 6.10 Å². The molecule has 0 radical (unpaired) electrons. The molecule has 8 nitrogen and oxygen atoms in total. The number of likely N-dealkylation sites (tertiary alicyclic amines) is 2. The SMILES string of the molecule is COc1cccc(CNC(=O)[C@@H]2C[C@@H](O)CN2C2CCN(C(=O)c3sc(C)nc3C)CC2)c1. The molecule has 2 atom stereocenters. The molecule has 0 spiro atoms. The van der Waals surface area contributed by atoms with Crippen molar-refractivity contribution in [1.82, 2.24) is 20.1 Å². The van der Waals surface area contributed by atoms with E-state index in [2.05, 4.69) is 15.2 Å². The highest BCUT2D eigenvalue weighted by molar-refractivity contribution is 7.13. The summed E-state index contributed by atoms with van der Waals surface area (Å²) in [6, 6.07) is 7.43. The van der Waals surface area contributed by atoms with Crippen molar-refractivity contribution < 1.29 is 19.4 Å². The van der Waals surface area contributed by atoms with Gasteiger partial charge in [-0.05, 0) is 50.8 Å². The highest BCUT2D eigenvalue weighted by Crippen LogP contribution is 2.28. The number of carbonyl (C=O) groups excluding carboxylic acids is 2. The summed E-state index contributed by atoms with van der Waals surface area (Å²) in [4.78, 5) is 35.0. The number of aryl methyl sites for hydroxylation is 2. The summed E-state index contributed by atoms with van der Waals surface area (Å²) >= 11 is 1.45. The van der Waals surface area contributed by atoms with Crippen LogP contribution in [0.5, 0.6) is 5.75 Å². The summed E-state index contributed by atoms with van der Waals surface area (Å²) < 4.78 is 5.25. The van der Waals surface area contributed by atoms with Crippen molar-refractivity contribution in [3.8, 4) is 5.75 Å². The van der Waals surface area contributed by atoms with E-state index in [0.29, 0.717) is 32.6 Å². The average molecular weight is 473 g/mol. The monoisotopic (exact) mass is 472 g/mol. The number of methoxy groups -OCH3 is 1. The topological polar surface area (TPSA) is 95.0 Å². The molecular weight excluding hydrogens is 440 g/mol. The minimum absolute atomic E-state index is 0.0468. The van der Waals surface area contributed by atoms with Crippen molar-refractivity contribution in [2.75, 3.05) is 26.7 Å². The Morgan fingerprint density at radius 2 is 2.03 bits per heavy atom. The number of rotatable bonds is 6. The van der Waals surface area contributed by atoms with Crippen LogP contribution in [-0.4, -0.2) is 76.6 Å². The lowest BCUT2D eigenvalue weighted by atomic mass is 10.0. The minimum Gasteiger partial charge on any atom is -0.497 e. The first-order chi connectivity index (χ1) is 15.9. The smallest absolute Gasteiger partial charge is 0.265 e. The normalized spacial score (nSPS) is 21.9. The van der Waals surface area contributed by atoms with Gasteiger partial charge in [0.15, 0.2) is 0 Å². The van der Waals surface area contributed by atoms with Gasteiger partial charge in [0.1, 0.15) is 10.6 Å². The van der Waals surface area contributed by atoms with Gasteiger partial charge in [-0.15, -0.1) is 11.3 Å². The summed E-state index contributed by atoms with van der Waals surface area (Å²) in [6.45, 7) is 5.98. The zero-order chi connectivity index (χ0) is 23.5. The Kier molecular flexibility index (Phi) is 7.31. The van der Waals surface area contributed by atoms with Gasteiger partial charge in [0.05, 0.1) is 30.0 Å². The van der Waals surface area contributed by atoms with E-state index in [9.17, 15) is 14.7 Å². The van der Waals surface area contributed by atoms with Crippen molar-refractivity contribution in [2.24, 2.45) is 0 Å². The van der Waals surface area contributed by atoms with Crippen LogP contribution in [-0.2, 0) is 11.3 Å². The molecule has 1 aromatic heterocycles. The Morgan fingerprint density at radius 3 is 2.70 bits per heavy atom. The Hall–Kier alpha value is -2.49. The Morgan fingerprint density at radius 1 is 1.27 bits per heavy atom. The minimum atomic E-state index is -0.514. The Labute approximate surface area is 198 Å². The predicted molar refractivity (Wildman–Crippen MR) is 126 cm³/mol. The first-order valence-electron chi connectivity index (χ1n) is 11.4. The predicted octanol–water partition coefficient (Wildman–Crippen LogP) is 2.12. The second kappa shape index (κ2) is 10.2. The number of β-amino-alcohol motifs (C(OH)–C–C–N with tert-alkyl or cyclic N) is 1. The first-order valence-corrected chi connectivity index (χ1v) is 12.2. The Bertz CT molecular complexity index is 1000. The molecule has 2 amide bonds. The molecule has 9 heteroatoms. The lowest BCUT2D eigenvalue weighted by molar-refractivity contribution is -0.126. The van der Waals surface area contributed by atoms with Crippen molar-refractivity contribution in [3.63, 3.8) is 0 Å². The van der Waals surface area contributed by atoms with Gasteiger partial charge in [0, 0.05) is 32.2 Å². The van der Waals surface area contributed by atoms with E-state index in [1.54, 1.807) is 7.11 Å². The summed E-state index contributed by atoms with van der Waals surface area (Å²) in [5.41, 5.74) is 1.76. The van der Waals surface area contributed by atoms with Crippen LogP contribution in [0.4, 0.5) is 0 Å². The van der Waals surface area contributed by atoms with E-state index in [4.69, 9.17) is 4.74 Å². The fraction of sp³-hybridized carbons (Fsp3) is 0.542. The number of carbonyl (C=O) groups is 2. The fourth-order valence-corrected chi connectivity index (χ4v) is 5.75. The number of aliphatic hydroxyl groups excluding tert-OH is 1. The van der Waals surface area contributed by atoms with E-state index in [1.165, 1.54) is 11.3 Å². The maximum atomic E-state index is 13.0. The van der Waals surface area contributed by atoms with Gasteiger partial charge in [-0.3, -0.25) is 14.5 Å². The molecule has 3 heterocycles. The maximum absolute atomic E-state index is 13.0. The number of ether oxygens (including phenoxy) is 1. The van der Waals surface area contributed by atoms with E-state index in [-0.39, 0.29) is 23.9 Å². The molecule has 4 rings (SSSR count). The molecule has 1 aromatic carbocycles. The van der Waals surface area contributed by atoms with Gasteiger partial charge in [-0.2, -0.15) is 0 Å². The van der Waals surface area contributed by atoms with Gasteiger partial charge in [-0.1, -0.05) is 12.1 Å². The number of hydrogen-bond acceptors (Lipinski definition) is 7. The maximum Gasteiger partial charge on any atom is 0.265 e. The molecule has 2 N–H and O–H groups in total. The largest absolute Gasteiger partial charge is 0.497 e. The van der Waals surface area contributed by atoms with Crippen LogP contribution in [0.3, 0.4) is 0 Å². The molecule has 2 aliphatic heterocycles. The highest BCUT2D eigenvalue weighted by atomic mass is 32.1. The van der Waals surface area contributed by atoms with Crippen LogP contribution < -0.4 is 10.1 Å². The molecule has 0 unspecified atom stereocenters. The van der Waals surface area contributed by atoms with Crippen LogP contribution in [0.25, 0.3) is 0 Å². The van der Waals surface area contributed by atoms with Gasteiger partial charge in [-0.25, -0.2) is 4.98 Å². The molecule has 0 bridgehead atoms. The molecule has 178 valence electrons. The quantitative estimate of drug-likeness (QED) is 0.669. The van der Waals surface area contributed by atoms with Crippen LogP contribution in [0.1, 0.15) is 45.2 Å². The molecular formula is C24H32N4O4S.